The normalized spacial score (nSPS) is 14.7. The summed E-state index contributed by atoms with van der Waals surface area (Å²) in [6.45, 7) is 5.77. The minimum atomic E-state index is -0.804. The van der Waals surface area contributed by atoms with Crippen LogP contribution in [-0.4, -0.2) is 29.5 Å². The van der Waals surface area contributed by atoms with Gasteiger partial charge in [-0.3, -0.25) is 4.79 Å². The molecule has 166 valence electrons. The van der Waals surface area contributed by atoms with E-state index in [-0.39, 0.29) is 6.42 Å². The van der Waals surface area contributed by atoms with Crippen molar-refractivity contribution < 1.29 is 19.4 Å². The molecule has 32 heavy (non-hydrogen) atoms. The zero-order valence-electron chi connectivity index (χ0n) is 18.4. The Morgan fingerprint density at radius 1 is 1.03 bits per heavy atom. The molecule has 1 fully saturated rings. The summed E-state index contributed by atoms with van der Waals surface area (Å²) in [4.78, 5) is 12.5. The molecular formula is C27H28O4S. The van der Waals surface area contributed by atoms with Crippen LogP contribution < -0.4 is 4.74 Å². The van der Waals surface area contributed by atoms with Gasteiger partial charge in [0.05, 0.1) is 25.0 Å². The lowest BCUT2D eigenvalue weighted by molar-refractivity contribution is -0.145. The Labute approximate surface area is 193 Å². The number of carboxylic acids is 1. The van der Waals surface area contributed by atoms with Crippen molar-refractivity contribution in [2.45, 2.75) is 42.4 Å². The third-order valence-corrected chi connectivity index (χ3v) is 6.62. The molecule has 0 unspecified atom stereocenters. The number of benzene rings is 3. The number of carbonyl (C=O) groups is 1. The van der Waals surface area contributed by atoms with E-state index < -0.39 is 11.4 Å². The molecule has 0 saturated carbocycles. The lowest BCUT2D eigenvalue weighted by Crippen LogP contribution is -2.48. The van der Waals surface area contributed by atoms with Gasteiger partial charge in [0.15, 0.2) is 0 Å². The summed E-state index contributed by atoms with van der Waals surface area (Å²) in [5.74, 6) is -0.0400. The number of carboxylic acid groups (broad SMARTS) is 1. The second-order valence-corrected chi connectivity index (χ2v) is 10.2. The maximum Gasteiger partial charge on any atom is 0.304 e. The number of aliphatic carboxylic acids is 1. The fourth-order valence-electron chi connectivity index (χ4n) is 3.92. The van der Waals surface area contributed by atoms with E-state index in [0.29, 0.717) is 25.1 Å². The van der Waals surface area contributed by atoms with Crippen molar-refractivity contribution in [2.75, 3.05) is 13.2 Å². The summed E-state index contributed by atoms with van der Waals surface area (Å²) in [6, 6.07) is 24.8. The molecular weight excluding hydrogens is 420 g/mol. The fraction of sp³-hybridized carbons (Fsp3) is 0.296. The first-order valence-corrected chi connectivity index (χ1v) is 11.7. The van der Waals surface area contributed by atoms with Crippen molar-refractivity contribution in [1.82, 2.24) is 0 Å². The Morgan fingerprint density at radius 3 is 2.34 bits per heavy atom. The number of rotatable bonds is 9. The van der Waals surface area contributed by atoms with Gasteiger partial charge in [0.25, 0.3) is 0 Å². The predicted octanol–water partition coefficient (Wildman–Crippen LogP) is 6.18. The highest BCUT2D eigenvalue weighted by Crippen LogP contribution is 2.36. The van der Waals surface area contributed by atoms with Crippen LogP contribution >= 0.6 is 11.8 Å². The van der Waals surface area contributed by atoms with E-state index >= 15 is 0 Å². The van der Waals surface area contributed by atoms with Gasteiger partial charge in [-0.25, -0.2) is 0 Å². The van der Waals surface area contributed by atoms with Gasteiger partial charge in [-0.1, -0.05) is 56.3 Å². The van der Waals surface area contributed by atoms with E-state index in [1.54, 1.807) is 0 Å². The van der Waals surface area contributed by atoms with Crippen LogP contribution in [0.2, 0.25) is 0 Å². The number of hydrogen-bond acceptors (Lipinski definition) is 4. The highest BCUT2D eigenvalue weighted by Gasteiger charge is 2.42. The Hall–Kier alpha value is -2.76. The largest absolute Gasteiger partial charge is 0.489 e. The summed E-state index contributed by atoms with van der Waals surface area (Å²) in [7, 11) is 0. The van der Waals surface area contributed by atoms with Crippen molar-refractivity contribution in [3.05, 3.63) is 83.9 Å². The number of ether oxygens (including phenoxy) is 2. The van der Waals surface area contributed by atoms with Crippen LogP contribution in [0.15, 0.2) is 77.7 Å². The van der Waals surface area contributed by atoms with E-state index in [0.717, 1.165) is 16.9 Å². The van der Waals surface area contributed by atoms with Crippen LogP contribution in [0.1, 0.15) is 31.4 Å². The molecule has 4 nitrogen and oxygen atoms in total. The quantitative estimate of drug-likeness (QED) is 0.396. The summed E-state index contributed by atoms with van der Waals surface area (Å²) in [5.41, 5.74) is 4.03. The van der Waals surface area contributed by atoms with Crippen LogP contribution in [0.25, 0.3) is 11.1 Å². The zero-order chi connectivity index (χ0) is 22.6. The Bertz CT molecular complexity index is 1050. The highest BCUT2D eigenvalue weighted by atomic mass is 32.2. The molecule has 1 heterocycles. The molecule has 1 aliphatic heterocycles. The number of thioether (sulfide) groups is 1. The first kappa shape index (κ1) is 22.4. The van der Waals surface area contributed by atoms with Gasteiger partial charge < -0.3 is 14.6 Å². The summed E-state index contributed by atoms with van der Waals surface area (Å²) in [6.07, 6.45) is 0.0805. The van der Waals surface area contributed by atoms with Crippen LogP contribution in [-0.2, 0) is 21.6 Å². The molecule has 0 radical (unpaired) electrons. The molecule has 0 aromatic heterocycles. The zero-order valence-corrected chi connectivity index (χ0v) is 19.2. The third kappa shape index (κ3) is 5.34. The first-order valence-electron chi connectivity index (χ1n) is 10.8. The van der Waals surface area contributed by atoms with Gasteiger partial charge >= 0.3 is 5.97 Å². The number of hydrogen-bond donors (Lipinski definition) is 1. The van der Waals surface area contributed by atoms with Crippen LogP contribution in [0.3, 0.4) is 0 Å². The third-order valence-electron chi connectivity index (χ3n) is 5.60. The lowest BCUT2D eigenvalue weighted by atomic mass is 9.76. The molecule has 0 amide bonds. The lowest BCUT2D eigenvalue weighted by Gasteiger charge is -2.40. The molecule has 1 saturated heterocycles. The van der Waals surface area contributed by atoms with Crippen molar-refractivity contribution in [3.8, 4) is 16.9 Å². The average molecular weight is 449 g/mol. The van der Waals surface area contributed by atoms with Gasteiger partial charge in [0, 0.05) is 10.1 Å². The first-order chi connectivity index (χ1) is 15.4. The Kier molecular flexibility index (Phi) is 6.87. The molecule has 0 bridgehead atoms. The molecule has 0 atom stereocenters. The van der Waals surface area contributed by atoms with Crippen molar-refractivity contribution in [1.29, 1.82) is 0 Å². The summed E-state index contributed by atoms with van der Waals surface area (Å²) in [5, 5.41) is 9.78. The second-order valence-electron chi connectivity index (χ2n) is 8.55. The van der Waals surface area contributed by atoms with E-state index in [1.807, 2.05) is 36.0 Å². The SMILES string of the molecule is CC(C)Sc1ccc(-c2cccc(COc3ccc(C4(CC(=O)O)COC4)cc3)c2)cc1. The monoisotopic (exact) mass is 448 g/mol. The molecule has 3 aromatic carbocycles. The van der Waals surface area contributed by atoms with Gasteiger partial charge in [0.1, 0.15) is 12.4 Å². The smallest absolute Gasteiger partial charge is 0.304 e. The van der Waals surface area contributed by atoms with Crippen LogP contribution in [0, 0.1) is 0 Å². The Balaban J connectivity index is 1.40. The van der Waals surface area contributed by atoms with Gasteiger partial charge in [-0.05, 0) is 52.6 Å². The fourth-order valence-corrected chi connectivity index (χ4v) is 4.76. The van der Waals surface area contributed by atoms with Crippen molar-refractivity contribution >= 4 is 17.7 Å². The minimum absolute atomic E-state index is 0.0805. The van der Waals surface area contributed by atoms with Gasteiger partial charge in [0.2, 0.25) is 0 Å². The van der Waals surface area contributed by atoms with Crippen molar-refractivity contribution in [3.63, 3.8) is 0 Å². The second kappa shape index (κ2) is 9.80. The highest BCUT2D eigenvalue weighted by molar-refractivity contribution is 7.99. The standard InChI is InChI=1S/C27H28O4S/c1-19(2)32-25-12-6-21(7-13-25)22-5-3-4-20(14-22)16-31-24-10-8-23(9-11-24)27(15-26(28)29)17-30-18-27/h3-14,19H,15-18H2,1-2H3,(H,28,29). The summed E-state index contributed by atoms with van der Waals surface area (Å²) >= 11 is 1.87. The topological polar surface area (TPSA) is 55.8 Å². The molecule has 0 spiro atoms. The van der Waals surface area contributed by atoms with E-state index in [9.17, 15) is 9.90 Å². The maximum absolute atomic E-state index is 11.2. The average Bonchev–Trinajstić information content (AvgIpc) is 2.75. The molecule has 3 aromatic rings. The molecule has 4 rings (SSSR count). The van der Waals surface area contributed by atoms with Crippen molar-refractivity contribution in [2.24, 2.45) is 0 Å². The predicted molar refractivity (Wildman–Crippen MR) is 128 cm³/mol. The maximum atomic E-state index is 11.2. The van der Waals surface area contributed by atoms with E-state index in [1.165, 1.54) is 16.0 Å². The van der Waals surface area contributed by atoms with Gasteiger partial charge in [-0.2, -0.15) is 0 Å². The Morgan fingerprint density at radius 2 is 1.75 bits per heavy atom. The van der Waals surface area contributed by atoms with Crippen LogP contribution in [0.4, 0.5) is 0 Å². The molecule has 5 heteroatoms. The van der Waals surface area contributed by atoms with Gasteiger partial charge in [-0.15, -0.1) is 11.8 Å². The molecule has 0 aliphatic carbocycles. The van der Waals surface area contributed by atoms with E-state index in [4.69, 9.17) is 9.47 Å². The molecule has 1 aliphatic rings. The summed E-state index contributed by atoms with van der Waals surface area (Å²) < 4.78 is 11.3. The minimum Gasteiger partial charge on any atom is -0.489 e. The molecule has 1 N–H and O–H groups in total. The van der Waals surface area contributed by atoms with E-state index in [2.05, 4.69) is 62.4 Å². The van der Waals surface area contributed by atoms with Crippen LogP contribution in [0.5, 0.6) is 5.75 Å².